The molecular formula is C19H28N4O2+2. The Hall–Kier alpha value is -1.76. The average Bonchev–Trinajstić information content (AvgIpc) is 3.11. The molecule has 2 aromatic heterocycles. The van der Waals surface area contributed by atoms with Gasteiger partial charge in [-0.05, 0) is 31.4 Å². The fourth-order valence-electron chi connectivity index (χ4n) is 4.12. The summed E-state index contributed by atoms with van der Waals surface area (Å²) in [7, 11) is 0. The van der Waals surface area contributed by atoms with Gasteiger partial charge in [0.2, 0.25) is 0 Å². The van der Waals surface area contributed by atoms with Gasteiger partial charge in [0.25, 0.3) is 5.56 Å². The van der Waals surface area contributed by atoms with E-state index in [9.17, 15) is 4.79 Å². The highest BCUT2D eigenvalue weighted by Gasteiger charge is 2.27. The van der Waals surface area contributed by atoms with E-state index in [1.54, 1.807) is 21.6 Å². The molecule has 0 spiro atoms. The molecule has 4 heterocycles. The molecule has 2 aliphatic rings. The van der Waals surface area contributed by atoms with E-state index in [4.69, 9.17) is 9.72 Å². The maximum atomic E-state index is 12.3. The van der Waals surface area contributed by atoms with E-state index < -0.39 is 0 Å². The van der Waals surface area contributed by atoms with Crippen LogP contribution in [0.25, 0.3) is 5.65 Å². The molecule has 0 unspecified atom stereocenters. The summed E-state index contributed by atoms with van der Waals surface area (Å²) < 4.78 is 7.41. The summed E-state index contributed by atoms with van der Waals surface area (Å²) >= 11 is 0. The second-order valence-corrected chi connectivity index (χ2v) is 7.49. The standard InChI is InChI=1S/C19H26N4O2/c1-15-4-2-6-23-18(24)12-16(20-19(15)23)13-21-7-9-22(10-8-21)14-17-5-3-11-25-17/h2,4,6,12,17H,3,5,7-11,13-14H2,1H3/p+2/t17-/m0/s1. The van der Waals surface area contributed by atoms with E-state index in [1.807, 2.05) is 19.1 Å². The van der Waals surface area contributed by atoms with Crippen molar-refractivity contribution in [3.05, 3.63) is 46.0 Å². The molecule has 6 heteroatoms. The van der Waals surface area contributed by atoms with Crippen LogP contribution in [0.2, 0.25) is 0 Å². The number of nitrogens with one attached hydrogen (secondary N) is 2. The lowest BCUT2D eigenvalue weighted by molar-refractivity contribution is -1.02. The van der Waals surface area contributed by atoms with Crippen LogP contribution in [-0.2, 0) is 11.3 Å². The molecule has 0 amide bonds. The number of hydrogen-bond acceptors (Lipinski definition) is 3. The molecule has 2 aromatic rings. The van der Waals surface area contributed by atoms with Crippen molar-refractivity contribution in [2.75, 3.05) is 39.3 Å². The maximum absolute atomic E-state index is 12.3. The van der Waals surface area contributed by atoms with Crippen molar-refractivity contribution in [3.63, 3.8) is 0 Å². The predicted molar refractivity (Wildman–Crippen MR) is 95.1 cm³/mol. The van der Waals surface area contributed by atoms with Crippen LogP contribution in [0.15, 0.2) is 29.2 Å². The Morgan fingerprint density at radius 3 is 2.84 bits per heavy atom. The molecule has 25 heavy (non-hydrogen) atoms. The Morgan fingerprint density at radius 2 is 2.08 bits per heavy atom. The number of rotatable bonds is 4. The number of fused-ring (bicyclic) bond motifs is 1. The molecule has 2 aliphatic heterocycles. The number of pyridine rings is 1. The summed E-state index contributed by atoms with van der Waals surface area (Å²) in [5.41, 5.74) is 2.76. The first kappa shape index (κ1) is 16.7. The highest BCUT2D eigenvalue weighted by Crippen LogP contribution is 2.09. The molecule has 134 valence electrons. The Labute approximate surface area is 148 Å². The van der Waals surface area contributed by atoms with Crippen molar-refractivity contribution < 1.29 is 14.5 Å². The van der Waals surface area contributed by atoms with E-state index in [-0.39, 0.29) is 5.56 Å². The summed E-state index contributed by atoms with van der Waals surface area (Å²) in [6.07, 6.45) is 4.71. The molecule has 6 nitrogen and oxygen atoms in total. The number of aromatic nitrogens is 2. The predicted octanol–water partition coefficient (Wildman–Crippen LogP) is -1.53. The zero-order valence-corrected chi connectivity index (χ0v) is 15.0. The van der Waals surface area contributed by atoms with Gasteiger partial charge in [0, 0.05) is 18.9 Å². The lowest BCUT2D eigenvalue weighted by Gasteiger charge is -2.30. The fraction of sp³-hybridized carbons (Fsp3) is 0.579. The van der Waals surface area contributed by atoms with Gasteiger partial charge < -0.3 is 14.5 Å². The second kappa shape index (κ2) is 7.23. The topological polar surface area (TPSA) is 52.5 Å². The molecule has 0 saturated carbocycles. The zero-order chi connectivity index (χ0) is 17.2. The summed E-state index contributed by atoms with van der Waals surface area (Å²) in [5.74, 6) is 0. The Balaban J connectivity index is 1.39. The van der Waals surface area contributed by atoms with Gasteiger partial charge in [-0.25, -0.2) is 4.98 Å². The molecule has 0 aromatic carbocycles. The molecule has 0 bridgehead atoms. The summed E-state index contributed by atoms with van der Waals surface area (Å²) in [6, 6.07) is 5.60. The summed E-state index contributed by atoms with van der Waals surface area (Å²) in [6.45, 7) is 9.58. The highest BCUT2D eigenvalue weighted by molar-refractivity contribution is 5.46. The Kier molecular flexibility index (Phi) is 4.83. The number of quaternary nitrogens is 2. The van der Waals surface area contributed by atoms with Crippen molar-refractivity contribution in [3.8, 4) is 0 Å². The lowest BCUT2D eigenvalue weighted by Crippen LogP contribution is -3.28. The molecule has 2 fully saturated rings. The Morgan fingerprint density at radius 1 is 1.28 bits per heavy atom. The van der Waals surface area contributed by atoms with Crippen LogP contribution in [-0.4, -0.2) is 54.8 Å². The van der Waals surface area contributed by atoms with Gasteiger partial charge in [0.05, 0.1) is 0 Å². The van der Waals surface area contributed by atoms with Crippen molar-refractivity contribution in [2.24, 2.45) is 0 Å². The third-order valence-electron chi connectivity index (χ3n) is 5.57. The van der Waals surface area contributed by atoms with Gasteiger partial charge in [0.15, 0.2) is 0 Å². The number of nitrogens with zero attached hydrogens (tertiary/aromatic N) is 2. The van der Waals surface area contributed by atoms with E-state index in [1.165, 1.54) is 30.8 Å². The number of aryl methyl sites for hydroxylation is 1. The van der Waals surface area contributed by atoms with Crippen molar-refractivity contribution in [1.29, 1.82) is 0 Å². The van der Waals surface area contributed by atoms with Crippen molar-refractivity contribution in [2.45, 2.75) is 32.4 Å². The molecule has 2 saturated heterocycles. The van der Waals surface area contributed by atoms with Crippen molar-refractivity contribution in [1.82, 2.24) is 9.38 Å². The lowest BCUT2D eigenvalue weighted by atomic mass is 10.2. The van der Waals surface area contributed by atoms with Crippen LogP contribution in [0.1, 0.15) is 24.1 Å². The number of ether oxygens (including phenoxy) is 1. The largest absolute Gasteiger partial charge is 0.372 e. The van der Waals surface area contributed by atoms with Crippen LogP contribution < -0.4 is 15.4 Å². The molecule has 0 radical (unpaired) electrons. The third kappa shape index (κ3) is 3.76. The van der Waals surface area contributed by atoms with Gasteiger partial charge in [-0.15, -0.1) is 0 Å². The van der Waals surface area contributed by atoms with Gasteiger partial charge in [-0.1, -0.05) is 6.07 Å². The zero-order valence-electron chi connectivity index (χ0n) is 15.0. The normalized spacial score (nSPS) is 27.0. The minimum atomic E-state index is 0.0192. The molecule has 4 rings (SSSR count). The molecule has 0 aliphatic carbocycles. The van der Waals surface area contributed by atoms with Gasteiger partial charge >= 0.3 is 0 Å². The van der Waals surface area contributed by atoms with E-state index in [2.05, 4.69) is 0 Å². The Bertz CT molecular complexity index is 790. The summed E-state index contributed by atoms with van der Waals surface area (Å²) in [5, 5.41) is 0. The first-order valence-electron chi connectivity index (χ1n) is 9.46. The van der Waals surface area contributed by atoms with Crippen LogP contribution in [0, 0.1) is 6.92 Å². The maximum Gasteiger partial charge on any atom is 0.258 e. The van der Waals surface area contributed by atoms with Gasteiger partial charge in [0.1, 0.15) is 56.7 Å². The smallest absolute Gasteiger partial charge is 0.258 e. The monoisotopic (exact) mass is 344 g/mol. The van der Waals surface area contributed by atoms with Gasteiger partial charge in [-0.3, -0.25) is 9.20 Å². The molecular weight excluding hydrogens is 316 g/mol. The van der Waals surface area contributed by atoms with Gasteiger partial charge in [-0.2, -0.15) is 0 Å². The first-order chi connectivity index (χ1) is 12.2. The van der Waals surface area contributed by atoms with E-state index in [0.717, 1.165) is 49.7 Å². The average molecular weight is 344 g/mol. The first-order valence-corrected chi connectivity index (χ1v) is 9.46. The summed E-state index contributed by atoms with van der Waals surface area (Å²) in [4.78, 5) is 20.3. The van der Waals surface area contributed by atoms with Crippen LogP contribution in [0.3, 0.4) is 0 Å². The SMILES string of the molecule is Cc1cccn2c(=O)cc(C[NH+]3CC[NH+](C[C@@H]4CCCO4)CC3)nc12. The quantitative estimate of drug-likeness (QED) is 0.707. The minimum absolute atomic E-state index is 0.0192. The van der Waals surface area contributed by atoms with Crippen molar-refractivity contribution >= 4 is 5.65 Å². The van der Waals surface area contributed by atoms with Crippen LogP contribution >= 0.6 is 0 Å². The second-order valence-electron chi connectivity index (χ2n) is 7.49. The van der Waals surface area contributed by atoms with E-state index in [0.29, 0.717) is 6.10 Å². The van der Waals surface area contributed by atoms with Crippen LogP contribution in [0.5, 0.6) is 0 Å². The highest BCUT2D eigenvalue weighted by atomic mass is 16.5. The number of hydrogen-bond donors (Lipinski definition) is 2. The molecule has 1 atom stereocenters. The minimum Gasteiger partial charge on any atom is -0.372 e. The fourth-order valence-corrected chi connectivity index (χ4v) is 4.12. The third-order valence-corrected chi connectivity index (χ3v) is 5.57. The number of piperazine rings is 1. The molecule has 2 N–H and O–H groups in total. The van der Waals surface area contributed by atoms with Crippen LogP contribution in [0.4, 0.5) is 0 Å². The van der Waals surface area contributed by atoms with E-state index >= 15 is 0 Å².